The minimum Gasteiger partial charge on any atom is -0.492 e. The lowest BCUT2D eigenvalue weighted by atomic mass is 10.0. The molecule has 0 aliphatic carbocycles. The monoisotopic (exact) mass is 283 g/mol. The van der Waals surface area contributed by atoms with Gasteiger partial charge < -0.3 is 10.1 Å². The Hall–Kier alpha value is -0.730. The highest BCUT2D eigenvalue weighted by Crippen LogP contribution is 2.31. The molecule has 0 saturated carbocycles. The highest BCUT2D eigenvalue weighted by atomic mass is 35.5. The first-order valence-corrected chi connectivity index (χ1v) is 7.26. The van der Waals surface area contributed by atoms with Crippen molar-refractivity contribution in [1.82, 2.24) is 5.32 Å². The summed E-state index contributed by atoms with van der Waals surface area (Å²) in [6.07, 6.45) is 0. The molecule has 1 aromatic rings. The Morgan fingerprint density at radius 2 is 1.89 bits per heavy atom. The van der Waals surface area contributed by atoms with Gasteiger partial charge in [-0.15, -0.1) is 0 Å². The average molecular weight is 284 g/mol. The van der Waals surface area contributed by atoms with Crippen LogP contribution in [0.4, 0.5) is 0 Å². The number of benzene rings is 1. The van der Waals surface area contributed by atoms with Crippen LogP contribution in [0.25, 0.3) is 0 Å². The second-order valence-electron chi connectivity index (χ2n) is 6.32. The molecule has 3 heteroatoms. The van der Waals surface area contributed by atoms with Crippen molar-refractivity contribution < 1.29 is 4.74 Å². The molecule has 0 aromatic heterocycles. The quantitative estimate of drug-likeness (QED) is 0.801. The number of hydrogen-bond acceptors (Lipinski definition) is 2. The van der Waals surface area contributed by atoms with Crippen LogP contribution in [0.15, 0.2) is 12.1 Å². The van der Waals surface area contributed by atoms with E-state index in [0.717, 1.165) is 22.9 Å². The molecule has 0 heterocycles. The van der Waals surface area contributed by atoms with Gasteiger partial charge in [0.05, 0.1) is 0 Å². The predicted octanol–water partition coefficient (Wildman–Crippen LogP) is 4.54. The molecule has 0 spiro atoms. The van der Waals surface area contributed by atoms with Gasteiger partial charge in [-0.2, -0.15) is 0 Å². The normalized spacial score (nSPS) is 12.0. The zero-order valence-electron chi connectivity index (χ0n) is 12.9. The van der Waals surface area contributed by atoms with Crippen molar-refractivity contribution in [3.05, 3.63) is 28.3 Å². The van der Waals surface area contributed by atoms with E-state index in [9.17, 15) is 0 Å². The molecule has 0 aliphatic heterocycles. The molecule has 0 saturated heterocycles. The maximum absolute atomic E-state index is 6.18. The van der Waals surface area contributed by atoms with E-state index in [1.54, 1.807) is 0 Å². The van der Waals surface area contributed by atoms with Gasteiger partial charge >= 0.3 is 0 Å². The largest absolute Gasteiger partial charge is 0.492 e. The first kappa shape index (κ1) is 16.3. The topological polar surface area (TPSA) is 21.3 Å². The number of hydrogen-bond donors (Lipinski definition) is 1. The van der Waals surface area contributed by atoms with Gasteiger partial charge in [0.15, 0.2) is 0 Å². The van der Waals surface area contributed by atoms with E-state index < -0.39 is 0 Å². The lowest BCUT2D eigenvalue weighted by Crippen LogP contribution is -2.38. The SMILES string of the molecule is Cc1cc(OCCNC(C)(C)C)c(C(C)C)cc1Cl. The van der Waals surface area contributed by atoms with Crippen molar-refractivity contribution >= 4 is 11.6 Å². The summed E-state index contributed by atoms with van der Waals surface area (Å²) in [4.78, 5) is 0. The number of ether oxygens (including phenoxy) is 1. The molecule has 19 heavy (non-hydrogen) atoms. The van der Waals surface area contributed by atoms with Crippen LogP contribution in [0.2, 0.25) is 5.02 Å². The summed E-state index contributed by atoms with van der Waals surface area (Å²) in [5, 5.41) is 4.22. The summed E-state index contributed by atoms with van der Waals surface area (Å²) < 4.78 is 5.91. The van der Waals surface area contributed by atoms with Gasteiger partial charge in [0.25, 0.3) is 0 Å². The summed E-state index contributed by atoms with van der Waals surface area (Å²) >= 11 is 6.18. The molecule has 0 radical (unpaired) electrons. The van der Waals surface area contributed by atoms with Crippen molar-refractivity contribution in [2.75, 3.05) is 13.2 Å². The molecule has 1 rings (SSSR count). The Morgan fingerprint density at radius 3 is 2.42 bits per heavy atom. The predicted molar refractivity (Wildman–Crippen MR) is 83.5 cm³/mol. The summed E-state index contributed by atoms with van der Waals surface area (Å²) in [5.41, 5.74) is 2.36. The van der Waals surface area contributed by atoms with E-state index >= 15 is 0 Å². The maximum Gasteiger partial charge on any atom is 0.123 e. The molecule has 0 aliphatic rings. The number of rotatable bonds is 5. The lowest BCUT2D eigenvalue weighted by Gasteiger charge is -2.21. The Balaban J connectivity index is 2.69. The van der Waals surface area contributed by atoms with Crippen molar-refractivity contribution in [1.29, 1.82) is 0 Å². The zero-order chi connectivity index (χ0) is 14.6. The van der Waals surface area contributed by atoms with Gasteiger partial charge in [0.1, 0.15) is 12.4 Å². The van der Waals surface area contributed by atoms with Gasteiger partial charge in [-0.05, 0) is 56.9 Å². The van der Waals surface area contributed by atoms with Crippen LogP contribution in [0.3, 0.4) is 0 Å². The Labute approximate surface area is 122 Å². The van der Waals surface area contributed by atoms with Crippen LogP contribution < -0.4 is 10.1 Å². The van der Waals surface area contributed by atoms with E-state index in [1.807, 2.05) is 19.1 Å². The van der Waals surface area contributed by atoms with E-state index in [0.29, 0.717) is 12.5 Å². The van der Waals surface area contributed by atoms with Crippen LogP contribution in [-0.4, -0.2) is 18.7 Å². The van der Waals surface area contributed by atoms with Gasteiger partial charge in [-0.1, -0.05) is 25.4 Å². The molecule has 2 nitrogen and oxygen atoms in total. The molecule has 0 unspecified atom stereocenters. The fraction of sp³-hybridized carbons (Fsp3) is 0.625. The smallest absolute Gasteiger partial charge is 0.123 e. The fourth-order valence-corrected chi connectivity index (χ4v) is 2.01. The van der Waals surface area contributed by atoms with Crippen molar-refractivity contribution in [3.63, 3.8) is 0 Å². The molecule has 0 bridgehead atoms. The van der Waals surface area contributed by atoms with E-state index in [4.69, 9.17) is 16.3 Å². The molecular formula is C16H26ClNO. The fourth-order valence-electron chi connectivity index (χ4n) is 1.83. The van der Waals surface area contributed by atoms with Gasteiger partial charge in [-0.3, -0.25) is 0 Å². The van der Waals surface area contributed by atoms with E-state index in [-0.39, 0.29) is 5.54 Å². The molecule has 0 amide bonds. The highest BCUT2D eigenvalue weighted by Gasteiger charge is 2.12. The van der Waals surface area contributed by atoms with Gasteiger partial charge in [0.2, 0.25) is 0 Å². The molecule has 0 fully saturated rings. The summed E-state index contributed by atoms with van der Waals surface area (Å²) in [5.74, 6) is 1.36. The zero-order valence-corrected chi connectivity index (χ0v) is 13.7. The Kier molecular flexibility index (Phi) is 5.69. The lowest BCUT2D eigenvalue weighted by molar-refractivity contribution is 0.287. The Morgan fingerprint density at radius 1 is 1.26 bits per heavy atom. The minimum absolute atomic E-state index is 0.125. The molecular weight excluding hydrogens is 258 g/mol. The first-order valence-electron chi connectivity index (χ1n) is 6.88. The van der Waals surface area contributed by atoms with Gasteiger partial charge in [0, 0.05) is 17.1 Å². The van der Waals surface area contributed by atoms with Crippen LogP contribution in [0.5, 0.6) is 5.75 Å². The Bertz CT molecular complexity index is 421. The maximum atomic E-state index is 6.18. The third-order valence-corrected chi connectivity index (χ3v) is 3.34. The minimum atomic E-state index is 0.125. The van der Waals surface area contributed by atoms with Crippen LogP contribution in [0, 0.1) is 6.92 Å². The molecule has 1 aromatic carbocycles. The second-order valence-corrected chi connectivity index (χ2v) is 6.73. The first-order chi connectivity index (χ1) is 8.70. The van der Waals surface area contributed by atoms with Crippen molar-refractivity contribution in [2.45, 2.75) is 53.0 Å². The van der Waals surface area contributed by atoms with Crippen molar-refractivity contribution in [3.8, 4) is 5.75 Å². The molecule has 108 valence electrons. The van der Waals surface area contributed by atoms with Crippen LogP contribution in [-0.2, 0) is 0 Å². The van der Waals surface area contributed by atoms with Crippen molar-refractivity contribution in [2.24, 2.45) is 0 Å². The molecule has 0 atom stereocenters. The highest BCUT2D eigenvalue weighted by molar-refractivity contribution is 6.31. The number of aryl methyl sites for hydroxylation is 1. The second kappa shape index (κ2) is 6.62. The van der Waals surface area contributed by atoms with E-state index in [2.05, 4.69) is 39.9 Å². The third-order valence-electron chi connectivity index (χ3n) is 2.93. The van der Waals surface area contributed by atoms with Crippen LogP contribution >= 0.6 is 11.6 Å². The summed E-state index contributed by atoms with van der Waals surface area (Å²) in [7, 11) is 0. The summed E-state index contributed by atoms with van der Waals surface area (Å²) in [6.45, 7) is 14.3. The average Bonchev–Trinajstić information content (AvgIpc) is 2.27. The third kappa shape index (κ3) is 5.42. The number of halogens is 1. The number of nitrogens with one attached hydrogen (secondary N) is 1. The van der Waals surface area contributed by atoms with Crippen LogP contribution in [0.1, 0.15) is 51.7 Å². The summed E-state index contributed by atoms with van der Waals surface area (Å²) in [6, 6.07) is 4.06. The van der Waals surface area contributed by atoms with E-state index in [1.165, 1.54) is 5.56 Å². The van der Waals surface area contributed by atoms with Gasteiger partial charge in [-0.25, -0.2) is 0 Å². The standard InChI is InChI=1S/C16H26ClNO/c1-11(2)13-10-14(17)12(3)9-15(13)19-8-7-18-16(4,5)6/h9-11,18H,7-8H2,1-6H3. The molecule has 1 N–H and O–H groups in total.